The van der Waals surface area contributed by atoms with Gasteiger partial charge in [-0.2, -0.15) is 10.5 Å². The van der Waals surface area contributed by atoms with Crippen molar-refractivity contribution in [2.75, 3.05) is 0 Å². The highest BCUT2D eigenvalue weighted by Gasteiger charge is 2.20. The Balaban J connectivity index is 2.46. The van der Waals surface area contributed by atoms with Crippen molar-refractivity contribution in [1.82, 2.24) is 20.6 Å². The molecule has 5 heteroatoms. The lowest BCUT2D eigenvalue weighted by Gasteiger charge is -2.15. The summed E-state index contributed by atoms with van der Waals surface area (Å²) in [5.41, 5.74) is 1.28. The highest BCUT2D eigenvalue weighted by Crippen LogP contribution is 2.25. The van der Waals surface area contributed by atoms with Gasteiger partial charge in [-0.3, -0.25) is 0 Å². The monoisotopic (exact) mass is 213 g/mol. The number of rotatable bonds is 2. The van der Waals surface area contributed by atoms with Crippen molar-refractivity contribution >= 4 is 0 Å². The van der Waals surface area contributed by atoms with Crippen molar-refractivity contribution in [3.8, 4) is 17.5 Å². The van der Waals surface area contributed by atoms with Gasteiger partial charge in [-0.1, -0.05) is 18.2 Å². The fourth-order valence-electron chi connectivity index (χ4n) is 1.40. The van der Waals surface area contributed by atoms with Gasteiger partial charge in [0.05, 0.1) is 11.5 Å². The van der Waals surface area contributed by atoms with E-state index < -0.39 is 5.41 Å². The largest absolute Gasteiger partial charge is 0.204 e. The van der Waals surface area contributed by atoms with E-state index >= 15 is 0 Å². The lowest BCUT2D eigenvalue weighted by Crippen LogP contribution is -2.13. The zero-order chi connectivity index (χ0) is 11.6. The summed E-state index contributed by atoms with van der Waals surface area (Å²) in [6.45, 7) is 3.75. The molecule has 80 valence electrons. The van der Waals surface area contributed by atoms with Gasteiger partial charge in [0.25, 0.3) is 0 Å². The van der Waals surface area contributed by atoms with Crippen LogP contribution < -0.4 is 0 Å². The van der Waals surface area contributed by atoms with Crippen molar-refractivity contribution in [3.05, 3.63) is 29.8 Å². The minimum Gasteiger partial charge on any atom is -0.197 e. The quantitative estimate of drug-likeness (QED) is 0.823. The van der Waals surface area contributed by atoms with Crippen LogP contribution in [-0.2, 0) is 5.41 Å². The normalized spacial score (nSPS) is 11.1. The summed E-state index contributed by atoms with van der Waals surface area (Å²) < 4.78 is 0. The molecule has 5 nitrogen and oxygen atoms in total. The first kappa shape index (κ1) is 10.3. The van der Waals surface area contributed by atoms with Gasteiger partial charge in [-0.05, 0) is 30.7 Å². The molecule has 1 aromatic heterocycles. The average molecular weight is 213 g/mol. The molecule has 0 saturated carbocycles. The van der Waals surface area contributed by atoms with Crippen LogP contribution in [-0.4, -0.2) is 20.6 Å². The maximum Gasteiger partial charge on any atom is 0.204 e. The lowest BCUT2D eigenvalue weighted by atomic mass is 9.85. The van der Waals surface area contributed by atoms with Gasteiger partial charge in [-0.15, -0.1) is 10.2 Å². The standard InChI is InChI=1S/C11H11N5/c1-11(2,7-12)9-5-3-4-8(6-9)10-13-15-16-14-10/h3-6H,1-2H3,(H,13,14,15,16). The Morgan fingerprint density at radius 1 is 1.38 bits per heavy atom. The molecule has 16 heavy (non-hydrogen) atoms. The Labute approximate surface area is 93.1 Å². The molecule has 1 aromatic carbocycles. The smallest absolute Gasteiger partial charge is 0.197 e. The zero-order valence-corrected chi connectivity index (χ0v) is 9.10. The van der Waals surface area contributed by atoms with E-state index in [1.807, 2.05) is 38.1 Å². The summed E-state index contributed by atoms with van der Waals surface area (Å²) in [5, 5.41) is 22.8. The molecule has 0 unspecified atom stereocenters. The van der Waals surface area contributed by atoms with Crippen LogP contribution in [0.5, 0.6) is 0 Å². The van der Waals surface area contributed by atoms with Crippen molar-refractivity contribution in [3.63, 3.8) is 0 Å². The number of tetrazole rings is 1. The van der Waals surface area contributed by atoms with Crippen molar-refractivity contribution in [2.24, 2.45) is 0 Å². The molecule has 0 bridgehead atoms. The minimum absolute atomic E-state index is 0.514. The van der Waals surface area contributed by atoms with Gasteiger partial charge in [-0.25, -0.2) is 0 Å². The van der Waals surface area contributed by atoms with Crippen LogP contribution in [0.2, 0.25) is 0 Å². The molecular formula is C11H11N5. The Bertz CT molecular complexity index is 522. The van der Waals surface area contributed by atoms with Gasteiger partial charge in [0, 0.05) is 5.56 Å². The maximum atomic E-state index is 9.07. The number of aromatic nitrogens is 4. The van der Waals surface area contributed by atoms with E-state index in [9.17, 15) is 0 Å². The molecule has 1 N–H and O–H groups in total. The number of hydrogen-bond donors (Lipinski definition) is 1. The predicted molar refractivity (Wildman–Crippen MR) is 58.3 cm³/mol. The number of aromatic amines is 1. The number of nitrogens with one attached hydrogen (secondary N) is 1. The van der Waals surface area contributed by atoms with Crippen molar-refractivity contribution in [1.29, 1.82) is 5.26 Å². The molecule has 2 rings (SSSR count). The summed E-state index contributed by atoms with van der Waals surface area (Å²) in [4.78, 5) is 0. The van der Waals surface area contributed by atoms with E-state index in [1.54, 1.807) is 0 Å². The number of nitriles is 1. The SMILES string of the molecule is CC(C)(C#N)c1cccc(-c2nn[nH]n2)c1. The minimum atomic E-state index is -0.514. The Hall–Kier alpha value is -2.22. The van der Waals surface area contributed by atoms with Crippen LogP contribution in [0.25, 0.3) is 11.4 Å². The summed E-state index contributed by atoms with van der Waals surface area (Å²) in [6, 6.07) is 9.88. The third-order valence-electron chi connectivity index (χ3n) is 2.47. The topological polar surface area (TPSA) is 78.2 Å². The zero-order valence-electron chi connectivity index (χ0n) is 9.10. The van der Waals surface area contributed by atoms with E-state index in [1.165, 1.54) is 0 Å². The molecule has 0 aliphatic rings. The summed E-state index contributed by atoms with van der Waals surface area (Å²) >= 11 is 0. The summed E-state index contributed by atoms with van der Waals surface area (Å²) in [6.07, 6.45) is 0. The van der Waals surface area contributed by atoms with Gasteiger partial charge < -0.3 is 0 Å². The number of benzene rings is 1. The van der Waals surface area contributed by atoms with Crippen molar-refractivity contribution in [2.45, 2.75) is 19.3 Å². The van der Waals surface area contributed by atoms with Crippen LogP contribution in [0.3, 0.4) is 0 Å². The van der Waals surface area contributed by atoms with Gasteiger partial charge >= 0.3 is 0 Å². The van der Waals surface area contributed by atoms with Crippen LogP contribution in [0.15, 0.2) is 24.3 Å². The molecule has 2 aromatic rings. The van der Waals surface area contributed by atoms with E-state index in [0.717, 1.165) is 11.1 Å². The molecule has 0 amide bonds. The summed E-state index contributed by atoms with van der Waals surface area (Å²) in [5.74, 6) is 0.538. The highest BCUT2D eigenvalue weighted by molar-refractivity contribution is 5.56. The molecule has 1 heterocycles. The first-order valence-electron chi connectivity index (χ1n) is 4.89. The highest BCUT2D eigenvalue weighted by atomic mass is 15.5. The van der Waals surface area contributed by atoms with Crippen molar-refractivity contribution < 1.29 is 0 Å². The molecule has 0 aliphatic heterocycles. The second-order valence-corrected chi connectivity index (χ2v) is 4.05. The Kier molecular flexibility index (Phi) is 2.41. The predicted octanol–water partition coefficient (Wildman–Crippen LogP) is 1.67. The van der Waals surface area contributed by atoms with E-state index in [0.29, 0.717) is 5.82 Å². The van der Waals surface area contributed by atoms with Crippen LogP contribution in [0, 0.1) is 11.3 Å². The van der Waals surface area contributed by atoms with Gasteiger partial charge in [0.1, 0.15) is 0 Å². The Morgan fingerprint density at radius 2 is 2.19 bits per heavy atom. The molecule has 0 aliphatic carbocycles. The molecule has 0 radical (unpaired) electrons. The van der Waals surface area contributed by atoms with Crippen LogP contribution in [0.4, 0.5) is 0 Å². The van der Waals surface area contributed by atoms with E-state index in [-0.39, 0.29) is 0 Å². The average Bonchev–Trinajstić information content (AvgIpc) is 2.83. The molecule has 0 atom stereocenters. The van der Waals surface area contributed by atoms with Gasteiger partial charge in [0.2, 0.25) is 5.82 Å². The number of hydrogen-bond acceptors (Lipinski definition) is 4. The third kappa shape index (κ3) is 1.77. The molecule has 0 spiro atoms. The van der Waals surface area contributed by atoms with Crippen LogP contribution >= 0.6 is 0 Å². The fraction of sp³-hybridized carbons (Fsp3) is 0.273. The third-order valence-corrected chi connectivity index (χ3v) is 2.47. The maximum absolute atomic E-state index is 9.07. The number of nitrogens with zero attached hydrogens (tertiary/aromatic N) is 4. The second-order valence-electron chi connectivity index (χ2n) is 4.05. The fourth-order valence-corrected chi connectivity index (χ4v) is 1.40. The molecule has 0 saturated heterocycles. The van der Waals surface area contributed by atoms with E-state index in [4.69, 9.17) is 5.26 Å². The summed E-state index contributed by atoms with van der Waals surface area (Å²) in [7, 11) is 0. The Morgan fingerprint density at radius 3 is 2.81 bits per heavy atom. The first-order chi connectivity index (χ1) is 7.63. The van der Waals surface area contributed by atoms with Gasteiger partial charge in [0.15, 0.2) is 0 Å². The van der Waals surface area contributed by atoms with Crippen LogP contribution in [0.1, 0.15) is 19.4 Å². The van der Waals surface area contributed by atoms with E-state index in [2.05, 4.69) is 26.7 Å². The first-order valence-corrected chi connectivity index (χ1v) is 4.89. The second kappa shape index (κ2) is 3.74. The molecular weight excluding hydrogens is 202 g/mol. The lowest BCUT2D eigenvalue weighted by molar-refractivity contribution is 0.687. The molecule has 0 fully saturated rings. The number of H-pyrrole nitrogens is 1.